The van der Waals surface area contributed by atoms with Crippen LogP contribution in [0.1, 0.15) is 31.2 Å². The van der Waals surface area contributed by atoms with Gasteiger partial charge in [0.25, 0.3) is 0 Å². The molecule has 0 aromatic heterocycles. The minimum absolute atomic E-state index is 0.160. The number of nitrogens with one attached hydrogen (secondary N) is 1. The van der Waals surface area contributed by atoms with Crippen LogP contribution in [-0.4, -0.2) is 41.5 Å². The second kappa shape index (κ2) is 6.89. The van der Waals surface area contributed by atoms with E-state index in [1.807, 2.05) is 5.32 Å². The number of carbonyl (C=O) groups is 2. The molecule has 1 aromatic carbocycles. The summed E-state index contributed by atoms with van der Waals surface area (Å²) in [7, 11) is 0. The zero-order chi connectivity index (χ0) is 18.9. The van der Waals surface area contributed by atoms with E-state index in [1.54, 1.807) is 17.0 Å². The molecule has 0 unspecified atom stereocenters. The fraction of sp³-hybridized carbons (Fsp3) is 0.556. The molecule has 1 aliphatic carbocycles. The molecule has 1 aromatic rings. The molecule has 8 heteroatoms. The Morgan fingerprint density at radius 3 is 2.42 bits per heavy atom. The molecule has 1 heterocycles. The van der Waals surface area contributed by atoms with Gasteiger partial charge < -0.3 is 10.2 Å². The quantitative estimate of drug-likeness (QED) is 0.827. The maximum atomic E-state index is 13.0. The van der Waals surface area contributed by atoms with Crippen LogP contribution in [-0.2, 0) is 16.0 Å². The Morgan fingerprint density at radius 1 is 1.19 bits per heavy atom. The third-order valence-corrected chi connectivity index (χ3v) is 5.01. The number of amides is 2. The van der Waals surface area contributed by atoms with Gasteiger partial charge in [-0.1, -0.05) is 12.1 Å². The zero-order valence-corrected chi connectivity index (χ0v) is 14.1. The second-order valence-corrected chi connectivity index (χ2v) is 7.12. The number of hydrogen-bond acceptors (Lipinski definition) is 2. The first-order valence-electron chi connectivity index (χ1n) is 8.63. The number of alkyl halides is 3. The lowest BCUT2D eigenvalue weighted by Gasteiger charge is -2.35. The smallest absolute Gasteiger partial charge is 0.340 e. The molecule has 1 N–H and O–H groups in total. The third kappa shape index (κ3) is 4.16. The number of halogens is 4. The molecule has 2 fully saturated rings. The number of benzene rings is 1. The van der Waals surface area contributed by atoms with Crippen molar-refractivity contribution in [1.29, 1.82) is 0 Å². The molecule has 0 radical (unpaired) electrons. The summed E-state index contributed by atoms with van der Waals surface area (Å²) in [6.45, 7) is 0.905. The van der Waals surface area contributed by atoms with Crippen molar-refractivity contribution in [3.8, 4) is 0 Å². The minimum atomic E-state index is -5.00. The van der Waals surface area contributed by atoms with E-state index in [4.69, 9.17) is 0 Å². The molecule has 1 aliphatic heterocycles. The molecule has 1 saturated heterocycles. The number of hydrogen-bond donors (Lipinski definition) is 1. The van der Waals surface area contributed by atoms with Gasteiger partial charge in [0.2, 0.25) is 5.91 Å². The highest BCUT2D eigenvalue weighted by Crippen LogP contribution is 2.39. The summed E-state index contributed by atoms with van der Waals surface area (Å²) in [5, 5.41) is 1.88. The topological polar surface area (TPSA) is 49.4 Å². The molecule has 4 nitrogen and oxygen atoms in total. The first-order chi connectivity index (χ1) is 12.2. The monoisotopic (exact) mass is 372 g/mol. The fourth-order valence-electron chi connectivity index (χ4n) is 3.48. The van der Waals surface area contributed by atoms with Crippen molar-refractivity contribution in [2.45, 2.75) is 43.8 Å². The first kappa shape index (κ1) is 18.7. The number of nitrogens with zero attached hydrogens (tertiary/aromatic N) is 1. The van der Waals surface area contributed by atoms with Gasteiger partial charge in [-0.3, -0.25) is 9.59 Å². The van der Waals surface area contributed by atoms with E-state index in [0.717, 1.165) is 18.4 Å². The highest BCUT2D eigenvalue weighted by Gasteiger charge is 2.56. The van der Waals surface area contributed by atoms with Crippen molar-refractivity contribution in [3.63, 3.8) is 0 Å². The molecule has 3 rings (SSSR count). The van der Waals surface area contributed by atoms with Crippen LogP contribution in [0.15, 0.2) is 24.3 Å². The molecule has 1 atom stereocenters. The van der Waals surface area contributed by atoms with E-state index < -0.39 is 23.5 Å². The predicted molar refractivity (Wildman–Crippen MR) is 85.6 cm³/mol. The van der Waals surface area contributed by atoms with Crippen LogP contribution in [0.5, 0.6) is 0 Å². The van der Waals surface area contributed by atoms with E-state index in [1.165, 1.54) is 12.1 Å². The Morgan fingerprint density at radius 2 is 1.85 bits per heavy atom. The molecule has 142 valence electrons. The Bertz CT molecular complexity index is 683. The molecule has 0 spiro atoms. The van der Waals surface area contributed by atoms with Gasteiger partial charge >= 0.3 is 12.1 Å². The van der Waals surface area contributed by atoms with Crippen molar-refractivity contribution in [2.24, 2.45) is 5.92 Å². The van der Waals surface area contributed by atoms with Crippen LogP contribution in [0.25, 0.3) is 0 Å². The average Bonchev–Trinajstić information content (AvgIpc) is 3.36. The minimum Gasteiger partial charge on any atom is -0.340 e. The maximum Gasteiger partial charge on any atom is 0.471 e. The molecular weight excluding hydrogens is 352 g/mol. The van der Waals surface area contributed by atoms with E-state index >= 15 is 0 Å². The number of carbonyl (C=O) groups excluding carboxylic acids is 2. The van der Waals surface area contributed by atoms with Crippen LogP contribution < -0.4 is 5.32 Å². The van der Waals surface area contributed by atoms with Gasteiger partial charge in [-0.15, -0.1) is 0 Å². The van der Waals surface area contributed by atoms with Crippen LogP contribution >= 0.6 is 0 Å². The molecule has 1 saturated carbocycles. The van der Waals surface area contributed by atoms with E-state index in [9.17, 15) is 27.2 Å². The van der Waals surface area contributed by atoms with Crippen molar-refractivity contribution < 1.29 is 27.2 Å². The molecule has 2 amide bonds. The van der Waals surface area contributed by atoms with E-state index in [0.29, 0.717) is 19.5 Å². The molecule has 26 heavy (non-hydrogen) atoms. The second-order valence-electron chi connectivity index (χ2n) is 7.12. The summed E-state index contributed by atoms with van der Waals surface area (Å²) >= 11 is 0. The van der Waals surface area contributed by atoms with Crippen LogP contribution in [0.4, 0.5) is 17.6 Å². The largest absolute Gasteiger partial charge is 0.471 e. The third-order valence-electron chi connectivity index (χ3n) is 5.01. The normalized spacial score (nSPS) is 22.0. The first-order valence-corrected chi connectivity index (χ1v) is 8.63. The maximum absolute atomic E-state index is 13.0. The lowest BCUT2D eigenvalue weighted by Crippen LogP contribution is -2.55. The Hall–Kier alpha value is -2.12. The Kier molecular flexibility index (Phi) is 4.94. The number of rotatable bonds is 4. The van der Waals surface area contributed by atoms with Gasteiger partial charge in [0.15, 0.2) is 0 Å². The number of piperidine rings is 1. The summed E-state index contributed by atoms with van der Waals surface area (Å²) < 4.78 is 50.4. The summed E-state index contributed by atoms with van der Waals surface area (Å²) in [5.74, 6) is -2.65. The van der Waals surface area contributed by atoms with Gasteiger partial charge in [0.05, 0.1) is 0 Å². The summed E-state index contributed by atoms with van der Waals surface area (Å²) in [4.78, 5) is 25.4. The van der Waals surface area contributed by atoms with Crippen molar-refractivity contribution in [1.82, 2.24) is 10.2 Å². The summed E-state index contributed by atoms with van der Waals surface area (Å²) in [6, 6.07) is 6.16. The van der Waals surface area contributed by atoms with Gasteiger partial charge in [-0.2, -0.15) is 13.2 Å². The predicted octanol–water partition coefficient (Wildman–Crippen LogP) is 2.82. The van der Waals surface area contributed by atoms with Gasteiger partial charge in [0, 0.05) is 13.1 Å². The SMILES string of the molecule is O=C(NC1(C(=O)N2CCC[C@@H](Cc3ccc(F)cc3)C2)CC1)C(F)(F)F. The summed E-state index contributed by atoms with van der Waals surface area (Å²) in [5.41, 5.74) is -0.443. The van der Waals surface area contributed by atoms with Crippen molar-refractivity contribution in [3.05, 3.63) is 35.6 Å². The lowest BCUT2D eigenvalue weighted by molar-refractivity contribution is -0.175. The van der Waals surface area contributed by atoms with Gasteiger partial charge in [-0.25, -0.2) is 4.39 Å². The van der Waals surface area contributed by atoms with Crippen LogP contribution in [0.2, 0.25) is 0 Å². The average molecular weight is 372 g/mol. The van der Waals surface area contributed by atoms with E-state index in [-0.39, 0.29) is 24.6 Å². The molecule has 2 aliphatic rings. The van der Waals surface area contributed by atoms with Crippen molar-refractivity contribution >= 4 is 11.8 Å². The Labute approximate surface area is 148 Å². The highest BCUT2D eigenvalue weighted by molar-refractivity contribution is 5.95. The fourth-order valence-corrected chi connectivity index (χ4v) is 3.48. The lowest BCUT2D eigenvalue weighted by atomic mass is 9.91. The Balaban J connectivity index is 1.61. The van der Waals surface area contributed by atoms with Crippen LogP contribution in [0, 0.1) is 11.7 Å². The van der Waals surface area contributed by atoms with Gasteiger partial charge in [-0.05, 0) is 55.7 Å². The highest BCUT2D eigenvalue weighted by atomic mass is 19.4. The number of likely N-dealkylation sites (tertiary alicyclic amines) is 1. The molecule has 0 bridgehead atoms. The van der Waals surface area contributed by atoms with Crippen LogP contribution in [0.3, 0.4) is 0 Å². The standard InChI is InChI=1S/C18H20F4N2O2/c19-14-5-3-12(4-6-14)10-13-2-1-9-24(11-13)16(26)17(7-8-17)23-15(25)18(20,21)22/h3-6,13H,1-2,7-11H2,(H,23,25)/t13-/m0/s1. The van der Waals surface area contributed by atoms with Gasteiger partial charge in [0.1, 0.15) is 11.4 Å². The van der Waals surface area contributed by atoms with E-state index in [2.05, 4.69) is 0 Å². The van der Waals surface area contributed by atoms with Crippen molar-refractivity contribution in [2.75, 3.05) is 13.1 Å². The zero-order valence-electron chi connectivity index (χ0n) is 14.1. The summed E-state index contributed by atoms with van der Waals surface area (Å²) in [6.07, 6.45) is -2.22. The molecular formula is C18H20F4N2O2.